The Bertz CT molecular complexity index is 671. The number of nitrogens with one attached hydrogen (secondary N) is 1. The molecule has 1 aliphatic rings. The number of nitro groups is 1. The van der Waals surface area contributed by atoms with Gasteiger partial charge in [0.25, 0.3) is 5.69 Å². The highest BCUT2D eigenvalue weighted by atomic mass is 16.6. The summed E-state index contributed by atoms with van der Waals surface area (Å²) in [6.45, 7) is 4.52. The van der Waals surface area contributed by atoms with Gasteiger partial charge in [-0.2, -0.15) is 0 Å². The van der Waals surface area contributed by atoms with Gasteiger partial charge in [0.2, 0.25) is 0 Å². The first-order valence-electron chi connectivity index (χ1n) is 7.72. The summed E-state index contributed by atoms with van der Waals surface area (Å²) in [5, 5.41) is 16.7. The first-order chi connectivity index (χ1) is 11.2. The van der Waals surface area contributed by atoms with Crippen molar-refractivity contribution in [1.82, 2.24) is 4.98 Å². The molecule has 0 unspecified atom stereocenters. The van der Waals surface area contributed by atoms with Crippen molar-refractivity contribution in [3.8, 4) is 0 Å². The molecule has 23 heavy (non-hydrogen) atoms. The van der Waals surface area contributed by atoms with Gasteiger partial charge in [-0.3, -0.25) is 15.1 Å². The van der Waals surface area contributed by atoms with Gasteiger partial charge in [0.1, 0.15) is 5.69 Å². The van der Waals surface area contributed by atoms with Crippen molar-refractivity contribution in [3.63, 3.8) is 0 Å². The van der Waals surface area contributed by atoms with E-state index in [4.69, 9.17) is 0 Å². The molecule has 1 saturated heterocycles. The first-order valence-corrected chi connectivity index (χ1v) is 7.72. The second-order valence-corrected chi connectivity index (χ2v) is 5.53. The Hall–Kier alpha value is -2.67. The Morgan fingerprint density at radius 2 is 2.13 bits per heavy atom. The molecule has 7 nitrogen and oxygen atoms in total. The molecule has 0 radical (unpaired) electrons. The number of hydrogen-bond donors (Lipinski definition) is 2. The minimum atomic E-state index is -0.348. The van der Waals surface area contributed by atoms with Gasteiger partial charge in [0, 0.05) is 30.7 Å². The van der Waals surface area contributed by atoms with Gasteiger partial charge in [0.15, 0.2) is 0 Å². The molecule has 0 amide bonds. The number of nitrogens with zero attached hydrogens (tertiary/aromatic N) is 3. The molecular weight excluding hydrogens is 294 g/mol. The summed E-state index contributed by atoms with van der Waals surface area (Å²) >= 11 is 0. The van der Waals surface area contributed by atoms with E-state index in [1.54, 1.807) is 18.5 Å². The predicted molar refractivity (Wildman–Crippen MR) is 88.5 cm³/mol. The minimum absolute atomic E-state index is 0.0983. The van der Waals surface area contributed by atoms with E-state index in [9.17, 15) is 10.1 Å². The lowest BCUT2D eigenvalue weighted by Crippen LogP contribution is -2.89. The molecule has 3 rings (SSSR count). The van der Waals surface area contributed by atoms with Crippen molar-refractivity contribution in [2.75, 3.05) is 36.4 Å². The molecule has 1 aromatic heterocycles. The Labute approximate surface area is 134 Å². The van der Waals surface area contributed by atoms with Crippen molar-refractivity contribution in [2.45, 2.75) is 6.54 Å². The SMILES string of the molecule is O=[N+]([O-])c1ccc(N2CC[NH2+]CC2)cc1NCc1cccnc1. The van der Waals surface area contributed by atoms with E-state index in [0.29, 0.717) is 12.2 Å². The fraction of sp³-hybridized carbons (Fsp3) is 0.312. The van der Waals surface area contributed by atoms with E-state index < -0.39 is 0 Å². The summed E-state index contributed by atoms with van der Waals surface area (Å²) < 4.78 is 0. The van der Waals surface area contributed by atoms with Crippen LogP contribution < -0.4 is 15.5 Å². The Morgan fingerprint density at radius 3 is 2.83 bits per heavy atom. The Balaban J connectivity index is 1.81. The van der Waals surface area contributed by atoms with Crippen LogP contribution in [-0.4, -0.2) is 36.1 Å². The molecule has 1 fully saturated rings. The second kappa shape index (κ2) is 7.06. The number of nitro benzene ring substituents is 1. The van der Waals surface area contributed by atoms with Gasteiger partial charge < -0.3 is 15.5 Å². The van der Waals surface area contributed by atoms with Crippen molar-refractivity contribution >= 4 is 17.1 Å². The molecule has 0 atom stereocenters. The molecule has 2 aromatic rings. The largest absolute Gasteiger partial charge is 0.375 e. The lowest BCUT2D eigenvalue weighted by molar-refractivity contribution is -0.655. The maximum Gasteiger partial charge on any atom is 0.292 e. The summed E-state index contributed by atoms with van der Waals surface area (Å²) in [6.07, 6.45) is 3.46. The molecular formula is C16H20N5O2+. The third-order valence-corrected chi connectivity index (χ3v) is 3.95. The van der Waals surface area contributed by atoms with Crippen LogP contribution >= 0.6 is 0 Å². The smallest absolute Gasteiger partial charge is 0.292 e. The highest BCUT2D eigenvalue weighted by Crippen LogP contribution is 2.30. The zero-order valence-electron chi connectivity index (χ0n) is 12.8. The van der Waals surface area contributed by atoms with Crippen LogP contribution in [0.15, 0.2) is 42.7 Å². The van der Waals surface area contributed by atoms with Crippen LogP contribution in [0.25, 0.3) is 0 Å². The van der Waals surface area contributed by atoms with Gasteiger partial charge in [0.05, 0.1) is 31.1 Å². The topological polar surface area (TPSA) is 87.9 Å². The van der Waals surface area contributed by atoms with Gasteiger partial charge in [-0.1, -0.05) is 6.07 Å². The maximum absolute atomic E-state index is 11.3. The zero-order valence-corrected chi connectivity index (χ0v) is 12.8. The van der Waals surface area contributed by atoms with E-state index in [-0.39, 0.29) is 10.6 Å². The van der Waals surface area contributed by atoms with Crippen molar-refractivity contribution in [1.29, 1.82) is 0 Å². The first kappa shape index (κ1) is 15.2. The van der Waals surface area contributed by atoms with Crippen LogP contribution in [0.3, 0.4) is 0 Å². The lowest BCUT2D eigenvalue weighted by Gasteiger charge is -2.27. The Morgan fingerprint density at radius 1 is 1.30 bits per heavy atom. The van der Waals surface area contributed by atoms with Crippen LogP contribution in [0.4, 0.5) is 17.1 Å². The van der Waals surface area contributed by atoms with E-state index in [0.717, 1.165) is 37.4 Å². The van der Waals surface area contributed by atoms with E-state index in [1.165, 1.54) is 0 Å². The number of nitrogens with two attached hydrogens (primary N) is 1. The number of pyridine rings is 1. The van der Waals surface area contributed by atoms with Crippen LogP contribution in [0.5, 0.6) is 0 Å². The summed E-state index contributed by atoms with van der Waals surface area (Å²) in [5.41, 5.74) is 2.66. The summed E-state index contributed by atoms with van der Waals surface area (Å²) in [5.74, 6) is 0. The fourth-order valence-electron chi connectivity index (χ4n) is 2.73. The lowest BCUT2D eigenvalue weighted by atomic mass is 10.2. The van der Waals surface area contributed by atoms with Crippen molar-refractivity contribution in [2.24, 2.45) is 0 Å². The predicted octanol–water partition coefficient (Wildman–Crippen LogP) is 0.985. The molecule has 2 heterocycles. The van der Waals surface area contributed by atoms with E-state index in [2.05, 4.69) is 20.5 Å². The molecule has 1 aliphatic heterocycles. The molecule has 0 aliphatic carbocycles. The van der Waals surface area contributed by atoms with Gasteiger partial charge >= 0.3 is 0 Å². The number of aromatic nitrogens is 1. The third kappa shape index (κ3) is 3.75. The molecule has 7 heteroatoms. The van der Waals surface area contributed by atoms with Crippen LogP contribution in [-0.2, 0) is 6.54 Å². The second-order valence-electron chi connectivity index (χ2n) is 5.53. The average Bonchev–Trinajstić information content (AvgIpc) is 2.61. The molecule has 0 saturated carbocycles. The standard InChI is InChI=1S/C16H19N5O2/c22-21(23)16-4-3-14(20-8-6-17-7-9-20)10-15(16)19-12-13-2-1-5-18-11-13/h1-5,10-11,17,19H,6-9,12H2/p+1. The molecule has 0 spiro atoms. The Kier molecular flexibility index (Phi) is 4.68. The fourth-order valence-corrected chi connectivity index (χ4v) is 2.73. The highest BCUT2D eigenvalue weighted by molar-refractivity contribution is 5.69. The monoisotopic (exact) mass is 314 g/mol. The number of hydrogen-bond acceptors (Lipinski definition) is 5. The molecule has 120 valence electrons. The summed E-state index contributed by atoms with van der Waals surface area (Å²) in [4.78, 5) is 17.2. The van der Waals surface area contributed by atoms with E-state index in [1.807, 2.05) is 24.3 Å². The molecule has 3 N–H and O–H groups in total. The minimum Gasteiger partial charge on any atom is -0.375 e. The normalized spacial score (nSPS) is 14.5. The van der Waals surface area contributed by atoms with Gasteiger partial charge in [-0.15, -0.1) is 0 Å². The van der Waals surface area contributed by atoms with E-state index >= 15 is 0 Å². The zero-order chi connectivity index (χ0) is 16.1. The maximum atomic E-state index is 11.3. The van der Waals surface area contributed by atoms with Crippen molar-refractivity contribution < 1.29 is 10.2 Å². The van der Waals surface area contributed by atoms with Crippen LogP contribution in [0, 0.1) is 10.1 Å². The number of quaternary nitrogens is 1. The summed E-state index contributed by atoms with van der Waals surface area (Å²) in [7, 11) is 0. The van der Waals surface area contributed by atoms with Gasteiger partial charge in [-0.05, 0) is 23.8 Å². The van der Waals surface area contributed by atoms with Crippen LogP contribution in [0.2, 0.25) is 0 Å². The number of benzene rings is 1. The number of piperazine rings is 1. The van der Waals surface area contributed by atoms with Crippen LogP contribution in [0.1, 0.15) is 5.56 Å². The molecule has 0 bridgehead atoms. The number of rotatable bonds is 5. The van der Waals surface area contributed by atoms with Gasteiger partial charge in [-0.25, -0.2) is 0 Å². The average molecular weight is 314 g/mol. The number of anilines is 2. The quantitative estimate of drug-likeness (QED) is 0.634. The highest BCUT2D eigenvalue weighted by Gasteiger charge is 2.18. The van der Waals surface area contributed by atoms with Crippen molar-refractivity contribution in [3.05, 3.63) is 58.4 Å². The third-order valence-electron chi connectivity index (χ3n) is 3.95. The molecule has 1 aromatic carbocycles. The summed E-state index contributed by atoms with van der Waals surface area (Å²) in [6, 6.07) is 9.08.